The zero-order valence-electron chi connectivity index (χ0n) is 15.9. The van der Waals surface area contributed by atoms with Crippen LogP contribution in [0.1, 0.15) is 21.7 Å². The molecular formula is C20H10Cl2F6N2O2S. The van der Waals surface area contributed by atoms with Crippen LogP contribution in [0, 0.1) is 0 Å². The molecule has 1 aromatic heterocycles. The molecule has 4 nitrogen and oxygen atoms in total. The van der Waals surface area contributed by atoms with Gasteiger partial charge in [0.25, 0.3) is 5.91 Å². The van der Waals surface area contributed by atoms with Gasteiger partial charge in [0.1, 0.15) is 5.76 Å². The molecule has 1 amide bonds. The fourth-order valence-electron chi connectivity index (χ4n) is 2.62. The van der Waals surface area contributed by atoms with Gasteiger partial charge in [-0.1, -0.05) is 23.2 Å². The molecule has 1 heterocycles. The SMILES string of the molecule is O=C(NC(=S)Nc1cc(C(F)(F)F)cc(C(F)(F)F)c1)c1ccc(-c2ccc(Cl)c(Cl)c2)o1. The molecule has 0 bridgehead atoms. The first-order valence-electron chi connectivity index (χ1n) is 8.71. The van der Waals surface area contributed by atoms with Crippen LogP contribution in [0.4, 0.5) is 32.0 Å². The Morgan fingerprint density at radius 1 is 0.848 bits per heavy atom. The van der Waals surface area contributed by atoms with Gasteiger partial charge in [0.2, 0.25) is 0 Å². The minimum atomic E-state index is -5.03. The van der Waals surface area contributed by atoms with Crippen LogP contribution < -0.4 is 10.6 Å². The second-order valence-corrected chi connectivity index (χ2v) is 7.72. The van der Waals surface area contributed by atoms with Crippen LogP contribution in [-0.2, 0) is 12.4 Å². The number of carbonyl (C=O) groups excluding carboxylic acids is 1. The monoisotopic (exact) mass is 526 g/mol. The van der Waals surface area contributed by atoms with Gasteiger partial charge in [-0.05, 0) is 60.7 Å². The van der Waals surface area contributed by atoms with E-state index in [1.807, 2.05) is 0 Å². The van der Waals surface area contributed by atoms with Crippen molar-refractivity contribution >= 4 is 52.1 Å². The van der Waals surface area contributed by atoms with Crippen molar-refractivity contribution < 1.29 is 35.6 Å². The van der Waals surface area contributed by atoms with Crippen LogP contribution in [0.3, 0.4) is 0 Å². The average Bonchev–Trinajstić information content (AvgIpc) is 3.19. The molecule has 0 aliphatic carbocycles. The number of anilines is 1. The summed E-state index contributed by atoms with van der Waals surface area (Å²) >= 11 is 16.6. The molecule has 0 spiro atoms. The number of carbonyl (C=O) groups is 1. The number of amides is 1. The Kier molecular flexibility index (Phi) is 6.96. The Labute approximate surface area is 197 Å². The summed E-state index contributed by atoms with van der Waals surface area (Å²) in [5.41, 5.74) is -3.18. The molecule has 33 heavy (non-hydrogen) atoms. The maximum atomic E-state index is 13.0. The number of rotatable bonds is 3. The predicted octanol–water partition coefficient (Wildman–Crippen LogP) is 7.42. The second kappa shape index (κ2) is 9.24. The first-order chi connectivity index (χ1) is 15.2. The van der Waals surface area contributed by atoms with Crippen molar-refractivity contribution in [3.05, 3.63) is 75.5 Å². The molecule has 0 saturated heterocycles. The van der Waals surface area contributed by atoms with Crippen molar-refractivity contribution in [1.29, 1.82) is 0 Å². The third-order valence-corrected chi connectivity index (χ3v) is 5.05. The molecule has 0 radical (unpaired) electrons. The molecular weight excluding hydrogens is 517 g/mol. The highest BCUT2D eigenvalue weighted by molar-refractivity contribution is 7.80. The van der Waals surface area contributed by atoms with Crippen LogP contribution in [0.2, 0.25) is 10.0 Å². The standard InChI is InChI=1S/C20H10Cl2F6N2O2S/c21-13-2-1-9(5-14(13)22)15-3-4-16(32-15)17(31)30-18(33)29-12-7-10(19(23,24)25)6-11(8-12)20(26,27)28/h1-8H,(H2,29,30,31,33). The lowest BCUT2D eigenvalue weighted by atomic mass is 10.1. The summed E-state index contributed by atoms with van der Waals surface area (Å²) in [6.07, 6.45) is -10.1. The predicted molar refractivity (Wildman–Crippen MR) is 114 cm³/mol. The number of halogens is 8. The van der Waals surface area contributed by atoms with Gasteiger partial charge in [-0.2, -0.15) is 26.3 Å². The summed E-state index contributed by atoms with van der Waals surface area (Å²) in [4.78, 5) is 12.3. The Balaban J connectivity index is 1.75. The summed E-state index contributed by atoms with van der Waals surface area (Å²) in [5, 5.41) is 4.29. The van der Waals surface area contributed by atoms with Crippen molar-refractivity contribution in [2.75, 3.05) is 5.32 Å². The highest BCUT2D eigenvalue weighted by atomic mass is 35.5. The highest BCUT2D eigenvalue weighted by Crippen LogP contribution is 2.37. The van der Waals surface area contributed by atoms with Gasteiger partial charge < -0.3 is 9.73 Å². The largest absolute Gasteiger partial charge is 0.451 e. The summed E-state index contributed by atoms with van der Waals surface area (Å²) < 4.78 is 83.2. The maximum absolute atomic E-state index is 13.0. The molecule has 0 aliphatic rings. The Morgan fingerprint density at radius 2 is 1.45 bits per heavy atom. The van der Waals surface area contributed by atoms with Gasteiger partial charge in [-0.3, -0.25) is 10.1 Å². The lowest BCUT2D eigenvalue weighted by Gasteiger charge is -2.15. The van der Waals surface area contributed by atoms with Gasteiger partial charge >= 0.3 is 12.4 Å². The number of thiocarbonyl (C=S) groups is 1. The van der Waals surface area contributed by atoms with Gasteiger partial charge in [0.15, 0.2) is 10.9 Å². The van der Waals surface area contributed by atoms with Crippen LogP contribution in [0.25, 0.3) is 11.3 Å². The van der Waals surface area contributed by atoms with Gasteiger partial charge in [-0.25, -0.2) is 0 Å². The van der Waals surface area contributed by atoms with Crippen molar-refractivity contribution in [2.45, 2.75) is 12.4 Å². The molecule has 3 aromatic rings. The molecule has 0 unspecified atom stereocenters. The highest BCUT2D eigenvalue weighted by Gasteiger charge is 2.37. The van der Waals surface area contributed by atoms with Gasteiger partial charge in [-0.15, -0.1) is 0 Å². The smallest absolute Gasteiger partial charge is 0.416 e. The molecule has 0 atom stereocenters. The van der Waals surface area contributed by atoms with E-state index < -0.39 is 40.2 Å². The lowest BCUT2D eigenvalue weighted by Crippen LogP contribution is -2.34. The lowest BCUT2D eigenvalue weighted by molar-refractivity contribution is -0.143. The first kappa shape index (κ1) is 24.9. The zero-order chi connectivity index (χ0) is 24.6. The third-order valence-electron chi connectivity index (χ3n) is 4.11. The minimum Gasteiger partial charge on any atom is -0.451 e. The van der Waals surface area contributed by atoms with E-state index in [4.69, 9.17) is 39.8 Å². The Hall–Kier alpha value is -2.76. The molecule has 0 saturated carbocycles. The van der Waals surface area contributed by atoms with Crippen molar-refractivity contribution in [2.24, 2.45) is 0 Å². The van der Waals surface area contributed by atoms with E-state index >= 15 is 0 Å². The van der Waals surface area contributed by atoms with E-state index in [-0.39, 0.29) is 22.6 Å². The van der Waals surface area contributed by atoms with Crippen molar-refractivity contribution in [3.8, 4) is 11.3 Å². The average molecular weight is 527 g/mol. The van der Waals surface area contributed by atoms with Crippen LogP contribution in [0.5, 0.6) is 0 Å². The summed E-state index contributed by atoms with van der Waals surface area (Å²) in [6.45, 7) is 0. The van der Waals surface area contributed by atoms with E-state index in [1.54, 1.807) is 6.07 Å². The number of hydrogen-bond acceptors (Lipinski definition) is 3. The minimum absolute atomic E-state index is 0.0276. The maximum Gasteiger partial charge on any atom is 0.416 e. The molecule has 13 heteroatoms. The summed E-state index contributed by atoms with van der Waals surface area (Å²) in [5.74, 6) is -0.854. The first-order valence-corrected chi connectivity index (χ1v) is 9.87. The summed E-state index contributed by atoms with van der Waals surface area (Å²) in [6, 6.07) is 8.20. The second-order valence-electron chi connectivity index (χ2n) is 6.50. The molecule has 2 aromatic carbocycles. The molecule has 2 N–H and O–H groups in total. The topological polar surface area (TPSA) is 54.3 Å². The number of hydrogen-bond donors (Lipinski definition) is 2. The van der Waals surface area contributed by atoms with Crippen molar-refractivity contribution in [1.82, 2.24) is 5.32 Å². The molecule has 0 fully saturated rings. The van der Waals surface area contributed by atoms with Crippen LogP contribution >= 0.6 is 35.4 Å². The van der Waals surface area contributed by atoms with Gasteiger partial charge in [0, 0.05) is 11.3 Å². The molecule has 174 valence electrons. The Bertz CT molecular complexity index is 1190. The van der Waals surface area contributed by atoms with Gasteiger partial charge in [0.05, 0.1) is 21.2 Å². The number of nitrogens with one attached hydrogen (secondary N) is 2. The zero-order valence-corrected chi connectivity index (χ0v) is 18.2. The normalized spacial score (nSPS) is 11.9. The Morgan fingerprint density at radius 3 is 2.00 bits per heavy atom. The van der Waals surface area contributed by atoms with E-state index in [1.165, 1.54) is 24.3 Å². The van der Waals surface area contributed by atoms with E-state index in [0.717, 1.165) is 0 Å². The quantitative estimate of drug-likeness (QED) is 0.275. The fourth-order valence-corrected chi connectivity index (χ4v) is 3.13. The molecule has 3 rings (SSSR count). The number of benzene rings is 2. The van der Waals surface area contributed by atoms with E-state index in [9.17, 15) is 31.1 Å². The number of alkyl halides is 6. The molecule has 0 aliphatic heterocycles. The number of furan rings is 1. The van der Waals surface area contributed by atoms with E-state index in [2.05, 4.69) is 10.6 Å². The van der Waals surface area contributed by atoms with E-state index in [0.29, 0.717) is 22.7 Å². The third kappa shape index (κ3) is 6.18. The summed E-state index contributed by atoms with van der Waals surface area (Å²) in [7, 11) is 0. The van der Waals surface area contributed by atoms with Crippen LogP contribution in [0.15, 0.2) is 52.9 Å². The fraction of sp³-hybridized carbons (Fsp3) is 0.100. The van der Waals surface area contributed by atoms with Crippen LogP contribution in [-0.4, -0.2) is 11.0 Å². The van der Waals surface area contributed by atoms with Crippen molar-refractivity contribution in [3.63, 3.8) is 0 Å².